The van der Waals surface area contributed by atoms with Crippen LogP contribution in [0.1, 0.15) is 30.4 Å². The summed E-state index contributed by atoms with van der Waals surface area (Å²) in [5.41, 5.74) is 2.57. The highest BCUT2D eigenvalue weighted by Crippen LogP contribution is 2.30. The van der Waals surface area contributed by atoms with E-state index in [9.17, 15) is 4.79 Å². The highest BCUT2D eigenvalue weighted by molar-refractivity contribution is 5.85. The quantitative estimate of drug-likeness (QED) is 0.550. The minimum absolute atomic E-state index is 0.225. The van der Waals surface area contributed by atoms with Gasteiger partial charge in [0, 0.05) is 51.5 Å². The highest BCUT2D eigenvalue weighted by Gasteiger charge is 2.29. The minimum atomic E-state index is 0.225. The van der Waals surface area contributed by atoms with Crippen LogP contribution in [0, 0.1) is 0 Å². The molecule has 4 heteroatoms. The normalized spacial score (nSPS) is 13.7. The molecule has 1 saturated carbocycles. The Balaban J connectivity index is 1.33. The lowest BCUT2D eigenvalue weighted by molar-refractivity contribution is -0.130. The van der Waals surface area contributed by atoms with E-state index in [0.717, 1.165) is 26.1 Å². The zero-order valence-electron chi connectivity index (χ0n) is 17.1. The van der Waals surface area contributed by atoms with Crippen molar-refractivity contribution in [2.75, 3.05) is 20.1 Å². The summed E-state index contributed by atoms with van der Waals surface area (Å²) in [4.78, 5) is 21.1. The molecule has 0 saturated heterocycles. The standard InChI is InChI=1S/C25H29N3O/c1-27(17-13-20-11-15-26-16-12-20)25(29)14-18-28(23-9-10-23)19-22-7-4-6-21-5-2-3-8-24(21)22/h2-8,11-12,15-16,23H,9-10,13-14,17-19H2,1H3. The monoisotopic (exact) mass is 387 g/mol. The number of pyridine rings is 1. The lowest BCUT2D eigenvalue weighted by Crippen LogP contribution is -2.34. The predicted molar refractivity (Wildman–Crippen MR) is 118 cm³/mol. The number of rotatable bonds is 9. The largest absolute Gasteiger partial charge is 0.345 e. The molecule has 0 atom stereocenters. The third kappa shape index (κ3) is 5.21. The Morgan fingerprint density at radius 2 is 1.76 bits per heavy atom. The van der Waals surface area contributed by atoms with Gasteiger partial charge in [-0.3, -0.25) is 14.7 Å². The Kier molecular flexibility index (Phi) is 6.20. The molecule has 1 heterocycles. The van der Waals surface area contributed by atoms with Crippen LogP contribution in [0.25, 0.3) is 10.8 Å². The van der Waals surface area contributed by atoms with Crippen molar-refractivity contribution in [3.8, 4) is 0 Å². The van der Waals surface area contributed by atoms with Gasteiger partial charge in [0.1, 0.15) is 0 Å². The number of carbonyl (C=O) groups excluding carboxylic acids is 1. The molecule has 1 aliphatic rings. The van der Waals surface area contributed by atoms with Crippen LogP contribution in [0.4, 0.5) is 0 Å². The molecule has 3 aromatic rings. The topological polar surface area (TPSA) is 36.4 Å². The lowest BCUT2D eigenvalue weighted by Gasteiger charge is -2.24. The van der Waals surface area contributed by atoms with Gasteiger partial charge in [-0.1, -0.05) is 42.5 Å². The summed E-state index contributed by atoms with van der Waals surface area (Å²) < 4.78 is 0. The maximum absolute atomic E-state index is 12.7. The van der Waals surface area contributed by atoms with E-state index in [1.165, 1.54) is 34.7 Å². The number of fused-ring (bicyclic) bond motifs is 1. The van der Waals surface area contributed by atoms with Crippen molar-refractivity contribution in [2.24, 2.45) is 0 Å². The number of amides is 1. The van der Waals surface area contributed by atoms with Crippen LogP contribution >= 0.6 is 0 Å². The molecular formula is C25H29N3O. The van der Waals surface area contributed by atoms with Crippen molar-refractivity contribution >= 4 is 16.7 Å². The number of benzene rings is 2. The first-order valence-corrected chi connectivity index (χ1v) is 10.5. The van der Waals surface area contributed by atoms with Gasteiger partial charge in [-0.05, 0) is 53.3 Å². The fourth-order valence-corrected chi connectivity index (χ4v) is 3.88. The fraction of sp³-hybridized carbons (Fsp3) is 0.360. The number of likely N-dealkylation sites (N-methyl/N-ethyl adjacent to an activating group) is 1. The summed E-state index contributed by atoms with van der Waals surface area (Å²) in [5, 5.41) is 2.61. The molecule has 1 fully saturated rings. The van der Waals surface area contributed by atoms with Crippen LogP contribution < -0.4 is 0 Å². The van der Waals surface area contributed by atoms with Gasteiger partial charge in [-0.2, -0.15) is 0 Å². The van der Waals surface area contributed by atoms with Gasteiger partial charge in [-0.15, -0.1) is 0 Å². The van der Waals surface area contributed by atoms with Gasteiger partial charge < -0.3 is 4.90 Å². The molecule has 0 radical (unpaired) electrons. The second-order valence-electron chi connectivity index (χ2n) is 8.01. The first-order chi connectivity index (χ1) is 14.2. The van der Waals surface area contributed by atoms with Crippen molar-refractivity contribution < 1.29 is 4.79 Å². The number of carbonyl (C=O) groups is 1. The molecule has 0 bridgehead atoms. The molecule has 0 spiro atoms. The van der Waals surface area contributed by atoms with Gasteiger partial charge in [0.05, 0.1) is 0 Å². The second kappa shape index (κ2) is 9.19. The van der Waals surface area contributed by atoms with Crippen LogP contribution in [-0.4, -0.2) is 46.9 Å². The highest BCUT2D eigenvalue weighted by atomic mass is 16.2. The van der Waals surface area contributed by atoms with Crippen molar-refractivity contribution in [1.29, 1.82) is 0 Å². The number of nitrogens with zero attached hydrogens (tertiary/aromatic N) is 3. The maximum atomic E-state index is 12.7. The van der Waals surface area contributed by atoms with Gasteiger partial charge in [0.15, 0.2) is 0 Å². The average molecular weight is 388 g/mol. The van der Waals surface area contributed by atoms with E-state index in [0.29, 0.717) is 12.5 Å². The SMILES string of the molecule is CN(CCc1ccncc1)C(=O)CCN(Cc1cccc2ccccc12)C1CC1. The zero-order valence-corrected chi connectivity index (χ0v) is 17.1. The van der Waals surface area contributed by atoms with Crippen molar-refractivity contribution in [3.63, 3.8) is 0 Å². The molecule has 4 nitrogen and oxygen atoms in total. The summed E-state index contributed by atoms with van der Waals surface area (Å²) in [6.45, 7) is 2.49. The molecule has 0 unspecified atom stereocenters. The first kappa shape index (κ1) is 19.6. The number of hydrogen-bond acceptors (Lipinski definition) is 3. The Morgan fingerprint density at radius 3 is 2.55 bits per heavy atom. The van der Waals surface area contributed by atoms with Crippen molar-refractivity contribution in [3.05, 3.63) is 78.1 Å². The zero-order chi connectivity index (χ0) is 20.1. The maximum Gasteiger partial charge on any atom is 0.223 e. The molecular weight excluding hydrogens is 358 g/mol. The van der Waals surface area contributed by atoms with E-state index in [1.54, 1.807) is 12.4 Å². The first-order valence-electron chi connectivity index (χ1n) is 10.5. The van der Waals surface area contributed by atoms with E-state index in [-0.39, 0.29) is 5.91 Å². The summed E-state index contributed by atoms with van der Waals surface area (Å²) in [5.74, 6) is 0.225. The van der Waals surface area contributed by atoms with E-state index in [2.05, 4.69) is 52.3 Å². The molecule has 1 amide bonds. The van der Waals surface area contributed by atoms with Crippen LogP contribution in [0.5, 0.6) is 0 Å². The van der Waals surface area contributed by atoms with Gasteiger partial charge in [0.2, 0.25) is 5.91 Å². The van der Waals surface area contributed by atoms with E-state index in [4.69, 9.17) is 0 Å². The van der Waals surface area contributed by atoms with Crippen LogP contribution in [0.2, 0.25) is 0 Å². The van der Waals surface area contributed by atoms with E-state index >= 15 is 0 Å². The average Bonchev–Trinajstić information content (AvgIpc) is 3.61. The van der Waals surface area contributed by atoms with Gasteiger partial charge in [0.25, 0.3) is 0 Å². The number of hydrogen-bond donors (Lipinski definition) is 0. The summed E-state index contributed by atoms with van der Waals surface area (Å²) in [7, 11) is 1.91. The molecule has 0 aliphatic heterocycles. The van der Waals surface area contributed by atoms with Crippen LogP contribution in [0.15, 0.2) is 67.0 Å². The smallest absolute Gasteiger partial charge is 0.223 e. The van der Waals surface area contributed by atoms with Crippen molar-refractivity contribution in [2.45, 2.75) is 38.3 Å². The fourth-order valence-electron chi connectivity index (χ4n) is 3.88. The minimum Gasteiger partial charge on any atom is -0.345 e. The van der Waals surface area contributed by atoms with Crippen LogP contribution in [0.3, 0.4) is 0 Å². The number of aromatic nitrogens is 1. The van der Waals surface area contributed by atoms with Gasteiger partial charge in [-0.25, -0.2) is 0 Å². The molecule has 150 valence electrons. The van der Waals surface area contributed by atoms with E-state index in [1.807, 2.05) is 24.1 Å². The predicted octanol–water partition coefficient (Wildman–Crippen LogP) is 4.29. The van der Waals surface area contributed by atoms with E-state index < -0.39 is 0 Å². The molecule has 2 aromatic carbocycles. The third-order valence-corrected chi connectivity index (χ3v) is 5.84. The van der Waals surface area contributed by atoms with Crippen molar-refractivity contribution in [1.82, 2.24) is 14.8 Å². The Labute approximate surface area is 173 Å². The molecule has 29 heavy (non-hydrogen) atoms. The molecule has 4 rings (SSSR count). The van der Waals surface area contributed by atoms with Crippen LogP contribution in [-0.2, 0) is 17.8 Å². The Hall–Kier alpha value is -2.72. The molecule has 0 N–H and O–H groups in total. The lowest BCUT2D eigenvalue weighted by atomic mass is 10.0. The summed E-state index contributed by atoms with van der Waals surface area (Å²) in [6, 6.07) is 19.7. The second-order valence-corrected chi connectivity index (χ2v) is 8.01. The third-order valence-electron chi connectivity index (χ3n) is 5.84. The molecule has 1 aliphatic carbocycles. The summed E-state index contributed by atoms with van der Waals surface area (Å²) in [6.07, 6.45) is 7.55. The van der Waals surface area contributed by atoms with Gasteiger partial charge >= 0.3 is 0 Å². The summed E-state index contributed by atoms with van der Waals surface area (Å²) >= 11 is 0. The Bertz CT molecular complexity index is 947. The Morgan fingerprint density at radius 1 is 1.00 bits per heavy atom. The molecule has 1 aromatic heterocycles.